The first-order chi connectivity index (χ1) is 6.54. The Morgan fingerprint density at radius 3 is 2.50 bits per heavy atom. The molecule has 0 atom stereocenters. The van der Waals surface area contributed by atoms with Crippen LogP contribution in [0.4, 0.5) is 0 Å². The van der Waals surface area contributed by atoms with Gasteiger partial charge in [-0.1, -0.05) is 30.1 Å². The fraction of sp³-hybridized carbons (Fsp3) is 0.250. The number of hydrogen-bond donors (Lipinski definition) is 2. The zero-order valence-corrected chi connectivity index (χ0v) is 9.01. The van der Waals surface area contributed by atoms with Crippen molar-refractivity contribution in [2.45, 2.75) is 6.92 Å². The van der Waals surface area contributed by atoms with E-state index in [0.29, 0.717) is 0 Å². The van der Waals surface area contributed by atoms with Gasteiger partial charge in [-0.05, 0) is 12.6 Å². The van der Waals surface area contributed by atoms with E-state index in [4.69, 9.17) is 34.0 Å². The summed E-state index contributed by atoms with van der Waals surface area (Å²) in [5, 5.41) is 8.65. The van der Waals surface area contributed by atoms with Crippen molar-refractivity contribution in [1.82, 2.24) is 4.98 Å². The first kappa shape index (κ1) is 13.2. The molecule has 4 nitrogen and oxygen atoms in total. The van der Waals surface area contributed by atoms with Gasteiger partial charge < -0.3 is 10.8 Å². The average molecular weight is 237 g/mol. The van der Waals surface area contributed by atoms with Gasteiger partial charge in [0.25, 0.3) is 0 Å². The molecule has 1 heterocycles. The summed E-state index contributed by atoms with van der Waals surface area (Å²) in [4.78, 5) is 13.9. The van der Waals surface area contributed by atoms with Crippen LogP contribution in [-0.4, -0.2) is 22.6 Å². The Hall–Kier alpha value is -0.840. The second-order valence-corrected chi connectivity index (χ2v) is 2.95. The Morgan fingerprint density at radius 2 is 2.14 bits per heavy atom. The number of nitrogens with two attached hydrogens (primary N) is 1. The van der Waals surface area contributed by atoms with Crippen molar-refractivity contribution >= 4 is 29.2 Å². The molecule has 3 N–H and O–H groups in total. The van der Waals surface area contributed by atoms with Crippen LogP contribution in [0.1, 0.15) is 17.4 Å². The van der Waals surface area contributed by atoms with Crippen LogP contribution in [-0.2, 0) is 0 Å². The Morgan fingerprint density at radius 1 is 1.64 bits per heavy atom. The predicted octanol–water partition coefficient (Wildman–Crippen LogP) is 2.05. The van der Waals surface area contributed by atoms with Crippen LogP contribution in [0.15, 0.2) is 12.3 Å². The normalized spacial score (nSPS) is 8.86. The monoisotopic (exact) mass is 236 g/mol. The van der Waals surface area contributed by atoms with Gasteiger partial charge in [0.2, 0.25) is 0 Å². The molecule has 0 aromatic carbocycles. The molecule has 0 aliphatic rings. The van der Waals surface area contributed by atoms with Gasteiger partial charge in [0.15, 0.2) is 5.69 Å². The van der Waals surface area contributed by atoms with E-state index in [1.165, 1.54) is 12.3 Å². The third kappa shape index (κ3) is 3.91. The third-order valence-electron chi connectivity index (χ3n) is 1.04. The number of carbonyl (C=O) groups is 1. The lowest BCUT2D eigenvalue weighted by Gasteiger charge is -1.97. The summed E-state index contributed by atoms with van der Waals surface area (Å²) in [5.41, 5.74) is 4.62. The van der Waals surface area contributed by atoms with E-state index in [2.05, 4.69) is 4.98 Å². The molecule has 0 radical (unpaired) electrons. The van der Waals surface area contributed by atoms with Crippen LogP contribution in [0.5, 0.6) is 0 Å². The lowest BCUT2D eigenvalue weighted by Crippen LogP contribution is -2.00. The minimum atomic E-state index is -1.18. The van der Waals surface area contributed by atoms with E-state index in [1.807, 2.05) is 6.92 Å². The maximum absolute atomic E-state index is 10.4. The van der Waals surface area contributed by atoms with Gasteiger partial charge in [0.05, 0.1) is 10.0 Å². The van der Waals surface area contributed by atoms with Crippen molar-refractivity contribution in [3.05, 3.63) is 28.0 Å². The number of carboxylic acids is 1. The van der Waals surface area contributed by atoms with Gasteiger partial charge in [-0.2, -0.15) is 0 Å². The summed E-state index contributed by atoms with van der Waals surface area (Å²) in [7, 11) is 0. The molecule has 0 saturated heterocycles. The number of rotatable bonds is 1. The zero-order valence-electron chi connectivity index (χ0n) is 7.50. The molecular formula is C8H10Cl2N2O2. The molecule has 0 unspecified atom stereocenters. The molecule has 6 heteroatoms. The fourth-order valence-electron chi connectivity index (χ4n) is 0.569. The Labute approximate surface area is 91.7 Å². The van der Waals surface area contributed by atoms with Crippen molar-refractivity contribution in [3.8, 4) is 0 Å². The van der Waals surface area contributed by atoms with E-state index < -0.39 is 5.97 Å². The highest BCUT2D eigenvalue weighted by molar-refractivity contribution is 6.43. The third-order valence-corrected chi connectivity index (χ3v) is 1.84. The highest BCUT2D eigenvalue weighted by Gasteiger charge is 2.11. The van der Waals surface area contributed by atoms with Crippen LogP contribution < -0.4 is 5.73 Å². The van der Waals surface area contributed by atoms with Gasteiger partial charge in [-0.25, -0.2) is 9.78 Å². The smallest absolute Gasteiger partial charge is 0.356 e. The predicted molar refractivity (Wildman–Crippen MR) is 55.9 cm³/mol. The molecular weight excluding hydrogens is 227 g/mol. The van der Waals surface area contributed by atoms with Gasteiger partial charge in [0.1, 0.15) is 0 Å². The lowest BCUT2D eigenvalue weighted by atomic mass is 10.3. The van der Waals surface area contributed by atoms with Crippen LogP contribution >= 0.6 is 23.2 Å². The van der Waals surface area contributed by atoms with E-state index >= 15 is 0 Å². The van der Waals surface area contributed by atoms with Crippen molar-refractivity contribution in [1.29, 1.82) is 0 Å². The number of halogens is 2. The molecule has 0 aliphatic carbocycles. The lowest BCUT2D eigenvalue weighted by molar-refractivity contribution is 0.0690. The van der Waals surface area contributed by atoms with Gasteiger partial charge >= 0.3 is 5.97 Å². The number of nitrogens with zero attached hydrogens (tertiary/aromatic N) is 1. The Bertz CT molecular complexity index is 318. The molecule has 0 bridgehead atoms. The van der Waals surface area contributed by atoms with Crippen LogP contribution in [0, 0.1) is 0 Å². The van der Waals surface area contributed by atoms with Crippen LogP contribution in [0.3, 0.4) is 0 Å². The van der Waals surface area contributed by atoms with Crippen molar-refractivity contribution < 1.29 is 9.90 Å². The SMILES string of the molecule is CCN.O=C(O)c1nccc(Cl)c1Cl. The van der Waals surface area contributed by atoms with E-state index in [0.717, 1.165) is 6.54 Å². The summed E-state index contributed by atoms with van der Waals surface area (Å²) in [6, 6.07) is 1.43. The number of hydrogen-bond acceptors (Lipinski definition) is 3. The number of pyridine rings is 1. The summed E-state index contributed by atoms with van der Waals surface area (Å²) in [6.45, 7) is 2.65. The molecule has 0 amide bonds. The summed E-state index contributed by atoms with van der Waals surface area (Å²) < 4.78 is 0. The molecule has 0 fully saturated rings. The molecule has 1 aromatic heterocycles. The largest absolute Gasteiger partial charge is 0.476 e. The zero-order chi connectivity index (χ0) is 11.1. The minimum absolute atomic E-state index is 0.0262. The summed E-state index contributed by atoms with van der Waals surface area (Å²) in [6.07, 6.45) is 1.29. The highest BCUT2D eigenvalue weighted by atomic mass is 35.5. The molecule has 0 saturated carbocycles. The van der Waals surface area contributed by atoms with Gasteiger partial charge in [0, 0.05) is 6.20 Å². The Balaban J connectivity index is 0.000000500. The topological polar surface area (TPSA) is 76.2 Å². The second kappa shape index (κ2) is 6.59. The fourth-order valence-corrected chi connectivity index (χ4v) is 0.908. The number of aromatic nitrogens is 1. The van der Waals surface area contributed by atoms with Crippen molar-refractivity contribution in [2.75, 3.05) is 6.54 Å². The first-order valence-electron chi connectivity index (χ1n) is 3.77. The highest BCUT2D eigenvalue weighted by Crippen LogP contribution is 2.23. The van der Waals surface area contributed by atoms with E-state index in [1.54, 1.807) is 0 Å². The average Bonchev–Trinajstić information content (AvgIpc) is 2.10. The van der Waals surface area contributed by atoms with Crippen molar-refractivity contribution in [2.24, 2.45) is 5.73 Å². The molecule has 14 heavy (non-hydrogen) atoms. The maximum atomic E-state index is 10.4. The first-order valence-corrected chi connectivity index (χ1v) is 4.53. The number of aromatic carboxylic acids is 1. The maximum Gasteiger partial charge on any atom is 0.356 e. The van der Waals surface area contributed by atoms with Gasteiger partial charge in [-0.3, -0.25) is 0 Å². The minimum Gasteiger partial charge on any atom is -0.476 e. The molecule has 78 valence electrons. The van der Waals surface area contributed by atoms with Crippen LogP contribution in [0.25, 0.3) is 0 Å². The van der Waals surface area contributed by atoms with E-state index in [-0.39, 0.29) is 15.7 Å². The molecule has 0 spiro atoms. The number of carboxylic acid groups (broad SMARTS) is 1. The van der Waals surface area contributed by atoms with Crippen LogP contribution in [0.2, 0.25) is 10.0 Å². The second-order valence-electron chi connectivity index (χ2n) is 2.17. The standard InChI is InChI=1S/C6H3Cl2NO2.C2H7N/c7-3-1-2-9-5(4(3)8)6(10)11;1-2-3/h1-2H,(H,10,11);2-3H2,1H3. The molecule has 1 aromatic rings. The quantitative estimate of drug-likeness (QED) is 0.783. The van der Waals surface area contributed by atoms with Gasteiger partial charge in [-0.15, -0.1) is 0 Å². The van der Waals surface area contributed by atoms with Crippen molar-refractivity contribution in [3.63, 3.8) is 0 Å². The molecule has 1 rings (SSSR count). The summed E-state index contributed by atoms with van der Waals surface area (Å²) >= 11 is 11.0. The Kier molecular flexibility index (Phi) is 6.19. The molecule has 0 aliphatic heterocycles. The summed E-state index contributed by atoms with van der Waals surface area (Å²) in [5.74, 6) is -1.18. The van der Waals surface area contributed by atoms with E-state index in [9.17, 15) is 4.79 Å².